The SMILES string of the molecule is CC(C)C(=O)O[C@H](C)C(=O)Nc1ccccc1C#N. The number of rotatable bonds is 4. The summed E-state index contributed by atoms with van der Waals surface area (Å²) in [6.07, 6.45) is -0.901. The summed E-state index contributed by atoms with van der Waals surface area (Å²) in [5, 5.41) is 11.5. The van der Waals surface area contributed by atoms with Gasteiger partial charge in [-0.05, 0) is 19.1 Å². The molecule has 100 valence electrons. The fraction of sp³-hybridized carbons (Fsp3) is 0.357. The zero-order valence-corrected chi connectivity index (χ0v) is 11.1. The number of hydrogen-bond acceptors (Lipinski definition) is 4. The summed E-state index contributed by atoms with van der Waals surface area (Å²) in [4.78, 5) is 23.2. The van der Waals surface area contributed by atoms with Crippen LogP contribution in [0.15, 0.2) is 24.3 Å². The second-order valence-electron chi connectivity index (χ2n) is 4.38. The van der Waals surface area contributed by atoms with Gasteiger partial charge in [0.25, 0.3) is 5.91 Å². The molecule has 0 heterocycles. The van der Waals surface area contributed by atoms with Crippen LogP contribution in [-0.4, -0.2) is 18.0 Å². The van der Waals surface area contributed by atoms with Crippen LogP contribution in [0.25, 0.3) is 0 Å². The molecule has 1 aromatic carbocycles. The van der Waals surface area contributed by atoms with Crippen LogP contribution in [0, 0.1) is 17.2 Å². The van der Waals surface area contributed by atoms with Crippen molar-refractivity contribution in [2.75, 3.05) is 5.32 Å². The van der Waals surface area contributed by atoms with Gasteiger partial charge in [0, 0.05) is 0 Å². The third-order valence-electron chi connectivity index (χ3n) is 2.44. The van der Waals surface area contributed by atoms with Crippen LogP contribution in [0.4, 0.5) is 5.69 Å². The van der Waals surface area contributed by atoms with E-state index in [1.165, 1.54) is 6.92 Å². The number of esters is 1. The van der Waals surface area contributed by atoms with Crippen molar-refractivity contribution >= 4 is 17.6 Å². The summed E-state index contributed by atoms with van der Waals surface area (Å²) < 4.78 is 4.99. The molecule has 0 bridgehead atoms. The second kappa shape index (κ2) is 6.55. The van der Waals surface area contributed by atoms with Gasteiger partial charge in [-0.25, -0.2) is 0 Å². The van der Waals surface area contributed by atoms with Crippen molar-refractivity contribution in [2.45, 2.75) is 26.9 Å². The predicted octanol–water partition coefficient (Wildman–Crippen LogP) is 2.08. The number of nitriles is 1. The van der Waals surface area contributed by atoms with Gasteiger partial charge in [-0.1, -0.05) is 26.0 Å². The number of benzene rings is 1. The average molecular weight is 260 g/mol. The molecule has 19 heavy (non-hydrogen) atoms. The molecule has 1 aromatic rings. The van der Waals surface area contributed by atoms with E-state index in [4.69, 9.17) is 10.00 Å². The first-order chi connectivity index (χ1) is 8.95. The molecule has 0 fully saturated rings. The van der Waals surface area contributed by atoms with E-state index in [2.05, 4.69) is 5.32 Å². The number of carbonyl (C=O) groups is 2. The first-order valence-electron chi connectivity index (χ1n) is 5.96. The highest BCUT2D eigenvalue weighted by atomic mass is 16.5. The van der Waals surface area contributed by atoms with Crippen LogP contribution in [0.1, 0.15) is 26.3 Å². The number of nitrogens with one attached hydrogen (secondary N) is 1. The summed E-state index contributed by atoms with van der Waals surface area (Å²) in [5.41, 5.74) is 0.765. The maximum absolute atomic E-state index is 11.8. The van der Waals surface area contributed by atoms with Crippen LogP contribution >= 0.6 is 0 Å². The van der Waals surface area contributed by atoms with E-state index in [-0.39, 0.29) is 5.92 Å². The minimum Gasteiger partial charge on any atom is -0.452 e. The van der Waals surface area contributed by atoms with E-state index in [1.807, 2.05) is 6.07 Å². The lowest BCUT2D eigenvalue weighted by Crippen LogP contribution is -2.31. The van der Waals surface area contributed by atoms with Gasteiger partial charge < -0.3 is 10.1 Å². The fourth-order valence-electron chi connectivity index (χ4n) is 1.29. The topological polar surface area (TPSA) is 79.2 Å². The van der Waals surface area contributed by atoms with Gasteiger partial charge in [0.2, 0.25) is 0 Å². The van der Waals surface area contributed by atoms with E-state index < -0.39 is 18.0 Å². The molecule has 1 amide bonds. The smallest absolute Gasteiger partial charge is 0.309 e. The Balaban J connectivity index is 2.70. The van der Waals surface area contributed by atoms with Crippen molar-refractivity contribution in [2.24, 2.45) is 5.92 Å². The maximum Gasteiger partial charge on any atom is 0.309 e. The van der Waals surface area contributed by atoms with Crippen molar-refractivity contribution in [3.8, 4) is 6.07 Å². The Morgan fingerprint density at radius 3 is 2.47 bits per heavy atom. The normalized spacial score (nSPS) is 11.5. The van der Waals surface area contributed by atoms with E-state index in [9.17, 15) is 9.59 Å². The van der Waals surface area contributed by atoms with E-state index in [0.29, 0.717) is 11.3 Å². The van der Waals surface area contributed by atoms with E-state index in [0.717, 1.165) is 0 Å². The number of para-hydroxylation sites is 1. The van der Waals surface area contributed by atoms with Crippen LogP contribution in [0.2, 0.25) is 0 Å². The third-order valence-corrected chi connectivity index (χ3v) is 2.44. The van der Waals surface area contributed by atoms with Crippen LogP contribution in [0.3, 0.4) is 0 Å². The molecule has 0 saturated heterocycles. The Morgan fingerprint density at radius 1 is 1.26 bits per heavy atom. The first-order valence-corrected chi connectivity index (χ1v) is 5.96. The molecule has 0 aliphatic rings. The van der Waals surface area contributed by atoms with Crippen molar-refractivity contribution in [3.05, 3.63) is 29.8 Å². The minimum absolute atomic E-state index is 0.290. The van der Waals surface area contributed by atoms with Gasteiger partial charge in [-0.15, -0.1) is 0 Å². The van der Waals surface area contributed by atoms with Crippen LogP contribution in [-0.2, 0) is 14.3 Å². The quantitative estimate of drug-likeness (QED) is 0.840. The number of nitrogens with zero attached hydrogens (tertiary/aromatic N) is 1. The van der Waals surface area contributed by atoms with E-state index in [1.54, 1.807) is 38.1 Å². The number of hydrogen-bond donors (Lipinski definition) is 1. The number of carbonyl (C=O) groups excluding carboxylic acids is 2. The molecule has 1 rings (SSSR count). The zero-order chi connectivity index (χ0) is 14.4. The zero-order valence-electron chi connectivity index (χ0n) is 11.1. The average Bonchev–Trinajstić information content (AvgIpc) is 2.38. The Hall–Kier alpha value is -2.35. The Morgan fingerprint density at radius 2 is 1.89 bits per heavy atom. The van der Waals surface area contributed by atoms with Crippen LogP contribution < -0.4 is 5.32 Å². The van der Waals surface area contributed by atoms with E-state index >= 15 is 0 Å². The molecule has 0 aliphatic carbocycles. The largest absolute Gasteiger partial charge is 0.452 e. The third kappa shape index (κ3) is 4.11. The highest BCUT2D eigenvalue weighted by Gasteiger charge is 2.20. The van der Waals surface area contributed by atoms with Gasteiger partial charge in [0.05, 0.1) is 17.2 Å². The molecule has 1 atom stereocenters. The monoisotopic (exact) mass is 260 g/mol. The standard InChI is InChI=1S/C14H16N2O3/c1-9(2)14(18)19-10(3)13(17)16-12-7-5-4-6-11(12)8-15/h4-7,9-10H,1-3H3,(H,16,17)/t10-/m1/s1. The Kier molecular flexibility index (Phi) is 5.07. The second-order valence-corrected chi connectivity index (χ2v) is 4.38. The van der Waals surface area contributed by atoms with Crippen molar-refractivity contribution < 1.29 is 14.3 Å². The lowest BCUT2D eigenvalue weighted by atomic mass is 10.2. The molecule has 0 spiro atoms. The molecule has 0 aliphatic heterocycles. The van der Waals surface area contributed by atoms with Gasteiger partial charge in [0.1, 0.15) is 6.07 Å². The molecule has 5 heteroatoms. The number of anilines is 1. The lowest BCUT2D eigenvalue weighted by Gasteiger charge is -2.15. The molecular formula is C14H16N2O3. The summed E-state index contributed by atoms with van der Waals surface area (Å²) in [7, 11) is 0. The molecule has 0 unspecified atom stereocenters. The van der Waals surface area contributed by atoms with Gasteiger partial charge in [0.15, 0.2) is 6.10 Å². The Bertz CT molecular complexity index is 518. The van der Waals surface area contributed by atoms with Gasteiger partial charge in [-0.2, -0.15) is 5.26 Å². The highest BCUT2D eigenvalue weighted by molar-refractivity contribution is 5.96. The molecule has 0 radical (unpaired) electrons. The molecule has 0 saturated carbocycles. The summed E-state index contributed by atoms with van der Waals surface area (Å²) in [5.74, 6) is -1.19. The maximum atomic E-state index is 11.8. The molecule has 0 aromatic heterocycles. The number of ether oxygens (including phenoxy) is 1. The lowest BCUT2D eigenvalue weighted by molar-refractivity contribution is -0.156. The van der Waals surface area contributed by atoms with Gasteiger partial charge in [-0.3, -0.25) is 9.59 Å². The van der Waals surface area contributed by atoms with Crippen LogP contribution in [0.5, 0.6) is 0 Å². The van der Waals surface area contributed by atoms with Crippen molar-refractivity contribution in [1.82, 2.24) is 0 Å². The fourth-order valence-corrected chi connectivity index (χ4v) is 1.29. The minimum atomic E-state index is -0.901. The number of amides is 1. The molecule has 1 N–H and O–H groups in total. The van der Waals surface area contributed by atoms with Crippen molar-refractivity contribution in [1.29, 1.82) is 5.26 Å². The predicted molar refractivity (Wildman–Crippen MR) is 70.2 cm³/mol. The Labute approximate surface area is 112 Å². The summed E-state index contributed by atoms with van der Waals surface area (Å²) >= 11 is 0. The summed E-state index contributed by atoms with van der Waals surface area (Å²) in [6.45, 7) is 4.88. The van der Waals surface area contributed by atoms with Gasteiger partial charge >= 0.3 is 5.97 Å². The van der Waals surface area contributed by atoms with Crippen molar-refractivity contribution in [3.63, 3.8) is 0 Å². The first kappa shape index (κ1) is 14.7. The highest BCUT2D eigenvalue weighted by Crippen LogP contribution is 2.14. The summed E-state index contributed by atoms with van der Waals surface area (Å²) in [6, 6.07) is 8.61. The molecular weight excluding hydrogens is 244 g/mol. The molecule has 5 nitrogen and oxygen atoms in total.